The van der Waals surface area contributed by atoms with Gasteiger partial charge in [0.2, 0.25) is 0 Å². The molecule has 2 N–H and O–H groups in total. The van der Waals surface area contributed by atoms with Crippen LogP contribution in [0.25, 0.3) is 0 Å². The van der Waals surface area contributed by atoms with Crippen LogP contribution in [0.2, 0.25) is 0 Å². The summed E-state index contributed by atoms with van der Waals surface area (Å²) in [7, 11) is 0. The lowest BCUT2D eigenvalue weighted by Gasteiger charge is -2.23. The van der Waals surface area contributed by atoms with Gasteiger partial charge in [-0.05, 0) is 38.3 Å². The molecule has 1 aliphatic heterocycles. The molecular formula is C15H26N4O. The van der Waals surface area contributed by atoms with Crippen molar-refractivity contribution in [2.24, 2.45) is 0 Å². The van der Waals surface area contributed by atoms with Crippen molar-refractivity contribution >= 4 is 5.91 Å². The maximum Gasteiger partial charge on any atom is 0.271 e. The molecule has 0 saturated carbocycles. The minimum absolute atomic E-state index is 0.0483. The summed E-state index contributed by atoms with van der Waals surface area (Å²) < 4.78 is 1.93. The van der Waals surface area contributed by atoms with Crippen LogP contribution in [0.15, 0.2) is 12.3 Å². The van der Waals surface area contributed by atoms with E-state index in [9.17, 15) is 4.79 Å². The zero-order chi connectivity index (χ0) is 14.4. The molecule has 5 heteroatoms. The monoisotopic (exact) mass is 278 g/mol. The lowest BCUT2D eigenvalue weighted by molar-refractivity contribution is 0.0927. The second-order valence-electron chi connectivity index (χ2n) is 5.55. The maximum atomic E-state index is 12.2. The molecule has 5 nitrogen and oxygen atoms in total. The Labute approximate surface area is 121 Å². The number of carbonyl (C=O) groups excluding carboxylic acids is 1. The Balaban J connectivity index is 1.95. The van der Waals surface area contributed by atoms with Gasteiger partial charge in [0.05, 0.1) is 6.04 Å². The highest BCUT2D eigenvalue weighted by Crippen LogP contribution is 2.15. The highest BCUT2D eigenvalue weighted by atomic mass is 16.2. The minimum Gasteiger partial charge on any atom is -0.348 e. The smallest absolute Gasteiger partial charge is 0.271 e. The Kier molecular flexibility index (Phi) is 5.59. The number of nitrogens with one attached hydrogen (secondary N) is 2. The van der Waals surface area contributed by atoms with Crippen molar-refractivity contribution in [3.05, 3.63) is 18.0 Å². The average molecular weight is 278 g/mol. The average Bonchev–Trinajstić information content (AvgIpc) is 2.97. The highest BCUT2D eigenvalue weighted by Gasteiger charge is 2.18. The number of carbonyl (C=O) groups is 1. The zero-order valence-corrected chi connectivity index (χ0v) is 12.6. The fraction of sp³-hybridized carbons (Fsp3) is 0.733. The van der Waals surface area contributed by atoms with Gasteiger partial charge >= 0.3 is 0 Å². The second kappa shape index (κ2) is 7.43. The van der Waals surface area contributed by atoms with Crippen molar-refractivity contribution in [1.82, 2.24) is 20.4 Å². The molecule has 0 spiro atoms. The Morgan fingerprint density at radius 2 is 2.45 bits per heavy atom. The van der Waals surface area contributed by atoms with Crippen molar-refractivity contribution < 1.29 is 4.79 Å². The Morgan fingerprint density at radius 3 is 3.10 bits per heavy atom. The first-order chi connectivity index (χ1) is 9.74. The van der Waals surface area contributed by atoms with E-state index in [1.54, 1.807) is 0 Å². The first-order valence-corrected chi connectivity index (χ1v) is 7.81. The van der Waals surface area contributed by atoms with Crippen LogP contribution in [0, 0.1) is 0 Å². The molecule has 1 aliphatic rings. The summed E-state index contributed by atoms with van der Waals surface area (Å²) in [6.45, 7) is 6.27. The first kappa shape index (κ1) is 15.0. The lowest BCUT2D eigenvalue weighted by atomic mass is 10.1. The van der Waals surface area contributed by atoms with Crippen LogP contribution < -0.4 is 10.6 Å². The predicted molar refractivity (Wildman–Crippen MR) is 79.8 cm³/mol. The number of nitrogens with zero attached hydrogens (tertiary/aromatic N) is 2. The molecule has 2 rings (SSSR count). The number of piperidine rings is 1. The van der Waals surface area contributed by atoms with Gasteiger partial charge in [-0.25, -0.2) is 0 Å². The van der Waals surface area contributed by atoms with Crippen LogP contribution in [0.4, 0.5) is 0 Å². The molecule has 1 saturated heterocycles. The van der Waals surface area contributed by atoms with Gasteiger partial charge < -0.3 is 10.6 Å². The fourth-order valence-electron chi connectivity index (χ4n) is 2.71. The largest absolute Gasteiger partial charge is 0.348 e. The molecule has 112 valence electrons. The van der Waals surface area contributed by atoms with E-state index >= 15 is 0 Å². The molecule has 1 amide bonds. The standard InChI is InChI=1S/C15H26N4O/c1-3-6-12(4-2)17-15(20)14-8-10-19(18-14)13-7-5-9-16-11-13/h8,10,12-13,16H,3-7,9,11H2,1-2H3,(H,17,20). The normalized spacial score (nSPS) is 20.6. The van der Waals surface area contributed by atoms with Gasteiger partial charge in [0.15, 0.2) is 0 Å². The Morgan fingerprint density at radius 1 is 1.60 bits per heavy atom. The Hall–Kier alpha value is -1.36. The van der Waals surface area contributed by atoms with Crippen LogP contribution in [0.3, 0.4) is 0 Å². The summed E-state index contributed by atoms with van der Waals surface area (Å²) in [5.41, 5.74) is 0.533. The minimum atomic E-state index is -0.0483. The van der Waals surface area contributed by atoms with Crippen LogP contribution in [-0.2, 0) is 0 Å². The van der Waals surface area contributed by atoms with Crippen LogP contribution in [0.5, 0.6) is 0 Å². The van der Waals surface area contributed by atoms with E-state index in [0.29, 0.717) is 11.7 Å². The number of aromatic nitrogens is 2. The van der Waals surface area contributed by atoms with E-state index in [2.05, 4.69) is 29.6 Å². The van der Waals surface area contributed by atoms with Gasteiger partial charge in [-0.1, -0.05) is 20.3 Å². The molecule has 2 unspecified atom stereocenters. The molecular weight excluding hydrogens is 252 g/mol. The third-order valence-electron chi connectivity index (χ3n) is 3.95. The summed E-state index contributed by atoms with van der Waals surface area (Å²) in [6.07, 6.45) is 7.29. The van der Waals surface area contributed by atoms with Gasteiger partial charge in [-0.2, -0.15) is 5.10 Å². The van der Waals surface area contributed by atoms with E-state index in [0.717, 1.165) is 38.8 Å². The fourth-order valence-corrected chi connectivity index (χ4v) is 2.71. The molecule has 20 heavy (non-hydrogen) atoms. The third kappa shape index (κ3) is 3.82. The summed E-state index contributed by atoms with van der Waals surface area (Å²) in [5, 5.41) is 10.9. The van der Waals surface area contributed by atoms with Crippen molar-refractivity contribution in [1.29, 1.82) is 0 Å². The summed E-state index contributed by atoms with van der Waals surface area (Å²) in [4.78, 5) is 12.2. The Bertz CT molecular complexity index is 423. The number of hydrogen-bond donors (Lipinski definition) is 2. The van der Waals surface area contributed by atoms with E-state index in [1.807, 2.05) is 16.9 Å². The topological polar surface area (TPSA) is 59.0 Å². The molecule has 0 bridgehead atoms. The van der Waals surface area contributed by atoms with Gasteiger partial charge in [-0.15, -0.1) is 0 Å². The summed E-state index contributed by atoms with van der Waals surface area (Å²) in [5.74, 6) is -0.0483. The maximum absolute atomic E-state index is 12.2. The van der Waals surface area contributed by atoms with Crippen LogP contribution >= 0.6 is 0 Å². The molecule has 0 radical (unpaired) electrons. The molecule has 1 fully saturated rings. The van der Waals surface area contributed by atoms with E-state index in [4.69, 9.17) is 0 Å². The van der Waals surface area contributed by atoms with Gasteiger partial charge in [0, 0.05) is 18.8 Å². The summed E-state index contributed by atoms with van der Waals surface area (Å²) >= 11 is 0. The highest BCUT2D eigenvalue weighted by molar-refractivity contribution is 5.92. The predicted octanol–water partition coefficient (Wildman–Crippen LogP) is 2.12. The molecule has 1 aromatic heterocycles. The summed E-state index contributed by atoms with van der Waals surface area (Å²) in [6, 6.07) is 2.46. The second-order valence-corrected chi connectivity index (χ2v) is 5.55. The first-order valence-electron chi connectivity index (χ1n) is 7.81. The van der Waals surface area contributed by atoms with Crippen molar-refractivity contribution in [2.75, 3.05) is 13.1 Å². The van der Waals surface area contributed by atoms with Gasteiger partial charge in [0.25, 0.3) is 5.91 Å². The number of rotatable bonds is 6. The molecule has 1 aromatic rings. The van der Waals surface area contributed by atoms with E-state index < -0.39 is 0 Å². The van der Waals surface area contributed by atoms with Crippen LogP contribution in [-0.4, -0.2) is 34.8 Å². The van der Waals surface area contributed by atoms with Crippen molar-refractivity contribution in [3.63, 3.8) is 0 Å². The van der Waals surface area contributed by atoms with Crippen molar-refractivity contribution in [3.8, 4) is 0 Å². The zero-order valence-electron chi connectivity index (χ0n) is 12.6. The van der Waals surface area contributed by atoms with E-state index in [1.165, 1.54) is 6.42 Å². The lowest BCUT2D eigenvalue weighted by Crippen LogP contribution is -2.35. The van der Waals surface area contributed by atoms with Crippen molar-refractivity contribution in [2.45, 2.75) is 58.0 Å². The number of hydrogen-bond acceptors (Lipinski definition) is 3. The van der Waals surface area contributed by atoms with Gasteiger partial charge in [0.1, 0.15) is 5.69 Å². The molecule has 2 heterocycles. The quantitative estimate of drug-likeness (QED) is 0.838. The van der Waals surface area contributed by atoms with Gasteiger partial charge in [-0.3, -0.25) is 9.48 Å². The number of amides is 1. The third-order valence-corrected chi connectivity index (χ3v) is 3.95. The molecule has 2 atom stereocenters. The SMILES string of the molecule is CCCC(CC)NC(=O)c1ccn(C2CCCNC2)n1. The van der Waals surface area contributed by atoms with E-state index in [-0.39, 0.29) is 11.9 Å². The molecule has 0 aliphatic carbocycles. The van der Waals surface area contributed by atoms with Crippen LogP contribution in [0.1, 0.15) is 62.5 Å². The molecule has 0 aromatic carbocycles.